The minimum atomic E-state index is -4.23. The number of aliphatic carboxylic acids is 2. The first-order valence-electron chi connectivity index (χ1n) is 9.08. The molecule has 2 atom stereocenters. The van der Waals surface area contributed by atoms with Gasteiger partial charge in [0, 0.05) is 11.1 Å². The molecule has 0 radical (unpaired) electrons. The first-order chi connectivity index (χ1) is 14.7. The highest BCUT2D eigenvalue weighted by atomic mass is 32.2. The highest BCUT2D eigenvalue weighted by Gasteiger charge is 2.31. The summed E-state index contributed by atoms with van der Waals surface area (Å²) >= 11 is 0. The Morgan fingerprint density at radius 2 is 1.06 bits per heavy atom. The highest BCUT2D eigenvalue weighted by Crippen LogP contribution is 2.38. The molecule has 0 saturated heterocycles. The predicted octanol–water partition coefficient (Wildman–Crippen LogP) is 0.401. The van der Waals surface area contributed by atoms with Gasteiger partial charge in [-0.2, -0.15) is 9.44 Å². The number of carbonyl (C=O) groups excluding carboxylic acids is 1. The molecule has 0 saturated carbocycles. The van der Waals surface area contributed by atoms with Crippen LogP contribution in [-0.4, -0.2) is 56.9 Å². The van der Waals surface area contributed by atoms with Gasteiger partial charge in [0.05, 0.1) is 9.79 Å². The maximum Gasteiger partial charge on any atom is 0.321 e. The summed E-state index contributed by atoms with van der Waals surface area (Å²) in [5.41, 5.74) is 0.775. The fourth-order valence-corrected chi connectivity index (χ4v) is 5.52. The molecular formula is C19H18N2O9S2. The van der Waals surface area contributed by atoms with Crippen molar-refractivity contribution in [3.63, 3.8) is 0 Å². The van der Waals surface area contributed by atoms with Gasteiger partial charge in [0.2, 0.25) is 20.0 Å². The highest BCUT2D eigenvalue weighted by molar-refractivity contribution is 7.89. The maximum atomic E-state index is 12.9. The molecule has 170 valence electrons. The second-order valence-corrected chi connectivity index (χ2v) is 10.5. The molecule has 0 aromatic heterocycles. The van der Waals surface area contributed by atoms with Crippen molar-refractivity contribution in [2.75, 3.05) is 0 Å². The minimum absolute atomic E-state index is 0.00673. The van der Waals surface area contributed by atoms with Gasteiger partial charge in [-0.3, -0.25) is 14.4 Å². The Bertz CT molecular complexity index is 1260. The maximum absolute atomic E-state index is 12.9. The van der Waals surface area contributed by atoms with Crippen molar-refractivity contribution in [3.8, 4) is 11.1 Å². The van der Waals surface area contributed by atoms with Gasteiger partial charge in [0.15, 0.2) is 5.78 Å². The lowest BCUT2D eigenvalue weighted by Crippen LogP contribution is -2.38. The molecule has 13 heteroatoms. The van der Waals surface area contributed by atoms with Gasteiger partial charge < -0.3 is 10.2 Å². The van der Waals surface area contributed by atoms with E-state index < -0.39 is 49.9 Å². The molecule has 3 rings (SSSR count). The van der Waals surface area contributed by atoms with Crippen LogP contribution in [0.4, 0.5) is 0 Å². The Morgan fingerprint density at radius 1 is 0.719 bits per heavy atom. The van der Waals surface area contributed by atoms with Gasteiger partial charge in [0.1, 0.15) is 12.1 Å². The fourth-order valence-electron chi connectivity index (χ4n) is 3.07. The Hall–Kier alpha value is -3.13. The molecule has 11 nitrogen and oxygen atoms in total. The van der Waals surface area contributed by atoms with Crippen LogP contribution >= 0.6 is 0 Å². The molecule has 1 aliphatic carbocycles. The van der Waals surface area contributed by atoms with Crippen molar-refractivity contribution in [3.05, 3.63) is 47.5 Å². The average molecular weight is 482 g/mol. The molecule has 2 aromatic carbocycles. The van der Waals surface area contributed by atoms with E-state index in [2.05, 4.69) is 0 Å². The Balaban J connectivity index is 1.99. The van der Waals surface area contributed by atoms with Gasteiger partial charge in [0.25, 0.3) is 0 Å². The molecule has 0 spiro atoms. The van der Waals surface area contributed by atoms with Crippen LogP contribution in [0.2, 0.25) is 0 Å². The molecule has 0 amide bonds. The number of hydrogen-bond donors (Lipinski definition) is 4. The molecule has 4 N–H and O–H groups in total. The zero-order valence-electron chi connectivity index (χ0n) is 16.7. The van der Waals surface area contributed by atoms with E-state index in [1.165, 1.54) is 24.3 Å². The molecule has 0 aliphatic heterocycles. The van der Waals surface area contributed by atoms with Crippen LogP contribution in [0.1, 0.15) is 29.8 Å². The summed E-state index contributed by atoms with van der Waals surface area (Å²) in [6.07, 6.45) is 0. The van der Waals surface area contributed by atoms with Crippen LogP contribution in [0.25, 0.3) is 11.1 Å². The number of carboxylic acid groups (broad SMARTS) is 2. The minimum Gasteiger partial charge on any atom is -0.480 e. The average Bonchev–Trinajstić information content (AvgIpc) is 2.98. The molecule has 32 heavy (non-hydrogen) atoms. The predicted molar refractivity (Wildman–Crippen MR) is 110 cm³/mol. The van der Waals surface area contributed by atoms with Crippen LogP contribution in [0.15, 0.2) is 46.2 Å². The summed E-state index contributed by atoms with van der Waals surface area (Å²) in [6.45, 7) is 2.30. The van der Waals surface area contributed by atoms with Crippen molar-refractivity contribution in [2.24, 2.45) is 0 Å². The van der Waals surface area contributed by atoms with Crippen molar-refractivity contribution < 1.29 is 41.4 Å². The van der Waals surface area contributed by atoms with E-state index in [9.17, 15) is 31.2 Å². The first-order valence-corrected chi connectivity index (χ1v) is 12.0. The number of rotatable bonds is 8. The van der Waals surface area contributed by atoms with Gasteiger partial charge in [-0.1, -0.05) is 12.1 Å². The molecule has 1 aliphatic rings. The summed E-state index contributed by atoms with van der Waals surface area (Å²) in [6, 6.07) is 4.55. The number of nitrogens with one attached hydrogen (secondary N) is 2. The van der Waals surface area contributed by atoms with Gasteiger partial charge in [-0.05, 0) is 49.2 Å². The molecule has 2 aromatic rings. The number of carboxylic acids is 2. The normalized spacial score (nSPS) is 15.0. The van der Waals surface area contributed by atoms with Gasteiger partial charge >= 0.3 is 11.9 Å². The van der Waals surface area contributed by atoms with E-state index in [1.54, 1.807) is 0 Å². The van der Waals surface area contributed by atoms with E-state index >= 15 is 0 Å². The number of hydrogen-bond acceptors (Lipinski definition) is 7. The number of fused-ring (bicyclic) bond motifs is 3. The molecular weight excluding hydrogens is 464 g/mol. The van der Waals surface area contributed by atoms with Gasteiger partial charge in [-0.25, -0.2) is 16.8 Å². The van der Waals surface area contributed by atoms with E-state index in [4.69, 9.17) is 10.2 Å². The van der Waals surface area contributed by atoms with E-state index in [1.807, 2.05) is 9.44 Å². The number of carbonyl (C=O) groups is 3. The fraction of sp³-hybridized carbons (Fsp3) is 0.211. The summed E-state index contributed by atoms with van der Waals surface area (Å²) < 4.78 is 53.8. The lowest BCUT2D eigenvalue weighted by atomic mass is 10.1. The molecule has 0 fully saturated rings. The topological polar surface area (TPSA) is 184 Å². The monoisotopic (exact) mass is 482 g/mol. The standard InChI is InChI=1S/C19H18N2O9S2/c1-9(18(23)24)20-31(27,28)11-3-5-13-14-6-4-12(8-16(14)17(22)15(13)7-11)32(29,30)21-10(2)19(25)26/h3-10,20-21H,1-2H3,(H,23,24)(H,25,26)/t9-,10-/m1/s1. The number of benzene rings is 2. The first kappa shape index (κ1) is 23.5. The van der Waals surface area contributed by atoms with Crippen LogP contribution < -0.4 is 9.44 Å². The Labute approximate surface area is 183 Å². The largest absolute Gasteiger partial charge is 0.480 e. The second-order valence-electron chi connectivity index (χ2n) is 7.11. The van der Waals surface area contributed by atoms with Crippen LogP contribution in [0, 0.1) is 0 Å². The smallest absolute Gasteiger partial charge is 0.321 e. The summed E-state index contributed by atoms with van der Waals surface area (Å²) in [5, 5.41) is 17.8. The van der Waals surface area contributed by atoms with Crippen LogP contribution in [-0.2, 0) is 29.6 Å². The van der Waals surface area contributed by atoms with E-state index in [0.717, 1.165) is 26.0 Å². The third-order valence-electron chi connectivity index (χ3n) is 4.79. The quantitative estimate of drug-likeness (QED) is 0.353. The number of ketones is 1. The van der Waals surface area contributed by atoms with E-state index in [-0.39, 0.29) is 20.9 Å². The van der Waals surface area contributed by atoms with Crippen LogP contribution in [0.5, 0.6) is 0 Å². The van der Waals surface area contributed by atoms with Crippen molar-refractivity contribution in [2.45, 2.75) is 35.7 Å². The van der Waals surface area contributed by atoms with Crippen LogP contribution in [0.3, 0.4) is 0 Å². The Kier molecular flexibility index (Phi) is 5.95. The zero-order chi connectivity index (χ0) is 24.0. The third kappa shape index (κ3) is 4.27. The summed E-state index contributed by atoms with van der Waals surface area (Å²) in [7, 11) is -8.47. The molecule has 0 bridgehead atoms. The lowest BCUT2D eigenvalue weighted by molar-refractivity contribution is -0.139. The second kappa shape index (κ2) is 8.09. The summed E-state index contributed by atoms with van der Waals surface area (Å²) in [5.74, 6) is -3.38. The third-order valence-corrected chi connectivity index (χ3v) is 7.86. The van der Waals surface area contributed by atoms with Crippen molar-refractivity contribution in [1.29, 1.82) is 0 Å². The van der Waals surface area contributed by atoms with E-state index in [0.29, 0.717) is 11.1 Å². The Morgan fingerprint density at radius 3 is 1.38 bits per heavy atom. The lowest BCUT2D eigenvalue weighted by Gasteiger charge is -2.11. The SMILES string of the molecule is C[C@@H](NS(=O)(=O)c1ccc2c(c1)C(=O)c1cc(S(=O)(=O)N[C@H](C)C(=O)O)ccc1-2)C(=O)O. The van der Waals surface area contributed by atoms with Crippen molar-refractivity contribution >= 4 is 37.8 Å². The zero-order valence-corrected chi connectivity index (χ0v) is 18.3. The van der Waals surface area contributed by atoms with Gasteiger partial charge in [-0.15, -0.1) is 0 Å². The molecule has 0 unspecified atom stereocenters. The molecule has 0 heterocycles. The summed E-state index contributed by atoms with van der Waals surface area (Å²) in [4.78, 5) is 34.1. The van der Waals surface area contributed by atoms with Crippen molar-refractivity contribution in [1.82, 2.24) is 9.44 Å². The number of sulfonamides is 2.